The number of hydrogen-bond donors (Lipinski definition) is 0. The summed E-state index contributed by atoms with van der Waals surface area (Å²) in [5.74, 6) is -1.34. The Bertz CT molecular complexity index is 740. The largest absolute Gasteiger partial charge is 0.373 e. The lowest BCUT2D eigenvalue weighted by Gasteiger charge is -2.13. The number of hydrogen-bond acceptors (Lipinski definition) is 6. The Labute approximate surface area is 171 Å². The lowest BCUT2D eigenvalue weighted by atomic mass is 10.1. The van der Waals surface area contributed by atoms with Crippen LogP contribution in [0, 0.1) is 27.1 Å². The minimum absolute atomic E-state index is 0.101. The van der Waals surface area contributed by atoms with Crippen molar-refractivity contribution in [3.05, 3.63) is 84.0 Å². The molecule has 6 heteroatoms. The van der Waals surface area contributed by atoms with Crippen LogP contribution in [-0.2, 0) is 19.6 Å². The first kappa shape index (κ1) is 22.6. The monoisotopic (exact) mass is 398 g/mol. The van der Waals surface area contributed by atoms with E-state index in [0.29, 0.717) is 24.0 Å². The molecule has 0 fully saturated rings. The van der Waals surface area contributed by atoms with Crippen molar-refractivity contribution in [2.45, 2.75) is 46.0 Å². The van der Waals surface area contributed by atoms with Crippen molar-refractivity contribution in [1.82, 2.24) is 0 Å². The molecule has 2 rings (SSSR count). The number of aryl methyl sites for hydroxylation is 2. The predicted molar refractivity (Wildman–Crippen MR) is 107 cm³/mol. The van der Waals surface area contributed by atoms with Gasteiger partial charge >= 0.3 is 18.2 Å². The Morgan fingerprint density at radius 3 is 1.72 bits per heavy atom. The van der Waals surface area contributed by atoms with Gasteiger partial charge in [0.15, 0.2) is 0 Å². The second-order valence-electron chi connectivity index (χ2n) is 6.68. The van der Waals surface area contributed by atoms with Crippen LogP contribution in [0.3, 0.4) is 0 Å². The molecule has 2 aromatic rings. The maximum atomic E-state index is 12.1. The van der Waals surface area contributed by atoms with Crippen LogP contribution in [0.15, 0.2) is 48.5 Å². The molecular weight excluding hydrogens is 372 g/mol. The summed E-state index contributed by atoms with van der Waals surface area (Å²) in [6.07, 6.45) is 3.56. The molecule has 0 atom stereocenters. The molecular formula is C23H26O6. The quantitative estimate of drug-likeness (QED) is 0.285. The van der Waals surface area contributed by atoms with Crippen molar-refractivity contribution in [3.8, 4) is 0 Å². The average Bonchev–Trinajstić information content (AvgIpc) is 2.72. The first-order valence-corrected chi connectivity index (χ1v) is 9.55. The minimum atomic E-state index is -0.669. The summed E-state index contributed by atoms with van der Waals surface area (Å²) < 4.78 is 0. The first-order valence-electron chi connectivity index (χ1n) is 9.55. The van der Waals surface area contributed by atoms with Crippen molar-refractivity contribution in [2.24, 2.45) is 0 Å². The topological polar surface area (TPSA) is 71.1 Å². The lowest BCUT2D eigenvalue weighted by molar-refractivity contribution is -0.363. The van der Waals surface area contributed by atoms with E-state index in [1.54, 1.807) is 36.4 Å². The summed E-state index contributed by atoms with van der Waals surface area (Å²) in [6.45, 7) is 7.53. The van der Waals surface area contributed by atoms with Crippen LogP contribution in [-0.4, -0.2) is 11.9 Å². The van der Waals surface area contributed by atoms with Crippen LogP contribution in [0.4, 0.5) is 0 Å². The molecule has 0 bridgehead atoms. The van der Waals surface area contributed by atoms with Crippen molar-refractivity contribution in [1.29, 1.82) is 0 Å². The zero-order chi connectivity index (χ0) is 21.1. The molecule has 0 spiro atoms. The first-order chi connectivity index (χ1) is 14.0. The molecule has 0 aliphatic rings. The fraction of sp³-hybridized carbons (Fsp3) is 0.304. The highest BCUT2D eigenvalue weighted by Crippen LogP contribution is 2.19. The molecule has 0 amide bonds. The fourth-order valence-electron chi connectivity index (χ4n) is 2.53. The van der Waals surface area contributed by atoms with Gasteiger partial charge in [0.2, 0.25) is 0 Å². The van der Waals surface area contributed by atoms with Gasteiger partial charge in [-0.3, -0.25) is 9.78 Å². The standard InChI is InChI=1S/C23H26O6/c1-4-5-6-7-14-21(26-28-22(24)19-12-8-10-17(2)15-19)27-29-23(25)20-13-9-11-18(3)16-20/h8-13,15-16H,1,4-7,14H2,2-3H3. The highest BCUT2D eigenvalue weighted by Gasteiger charge is 2.21. The fourth-order valence-corrected chi connectivity index (χ4v) is 2.53. The van der Waals surface area contributed by atoms with Crippen LogP contribution in [0.5, 0.6) is 0 Å². The summed E-state index contributed by atoms with van der Waals surface area (Å²) in [4.78, 5) is 44.1. The van der Waals surface area contributed by atoms with Gasteiger partial charge in [0.1, 0.15) is 0 Å². The third kappa shape index (κ3) is 8.05. The van der Waals surface area contributed by atoms with E-state index >= 15 is 0 Å². The molecule has 0 aliphatic carbocycles. The van der Waals surface area contributed by atoms with Gasteiger partial charge in [0.05, 0.1) is 11.1 Å². The molecule has 2 radical (unpaired) electrons. The molecule has 0 N–H and O–H groups in total. The Morgan fingerprint density at radius 2 is 1.28 bits per heavy atom. The van der Waals surface area contributed by atoms with E-state index in [4.69, 9.17) is 19.6 Å². The summed E-state index contributed by atoms with van der Waals surface area (Å²) in [7, 11) is 0. The van der Waals surface area contributed by atoms with E-state index in [1.165, 1.54) is 0 Å². The van der Waals surface area contributed by atoms with Crippen molar-refractivity contribution >= 4 is 11.9 Å². The number of unbranched alkanes of at least 4 members (excludes halogenated alkanes) is 3. The van der Waals surface area contributed by atoms with Gasteiger partial charge in [0, 0.05) is 6.42 Å². The lowest BCUT2D eigenvalue weighted by Crippen LogP contribution is -2.16. The highest BCUT2D eigenvalue weighted by atomic mass is 17.3. The number of benzene rings is 2. The van der Waals surface area contributed by atoms with Gasteiger partial charge in [-0.25, -0.2) is 9.59 Å². The molecule has 6 nitrogen and oxygen atoms in total. The third-order valence-electron chi connectivity index (χ3n) is 4.06. The molecule has 0 saturated carbocycles. The Hall–Kier alpha value is -2.70. The zero-order valence-electron chi connectivity index (χ0n) is 16.8. The maximum Gasteiger partial charge on any atom is 0.373 e. The smallest absolute Gasteiger partial charge is 0.289 e. The minimum Gasteiger partial charge on any atom is -0.289 e. The second kappa shape index (κ2) is 12.0. The van der Waals surface area contributed by atoms with Crippen molar-refractivity contribution < 1.29 is 29.1 Å². The molecule has 0 aliphatic heterocycles. The molecule has 154 valence electrons. The molecule has 0 heterocycles. The van der Waals surface area contributed by atoms with E-state index in [0.717, 1.165) is 30.4 Å². The Morgan fingerprint density at radius 1 is 0.759 bits per heavy atom. The van der Waals surface area contributed by atoms with Crippen LogP contribution in [0.1, 0.15) is 63.9 Å². The van der Waals surface area contributed by atoms with E-state index in [2.05, 4.69) is 6.92 Å². The Kier molecular flexibility index (Phi) is 9.34. The van der Waals surface area contributed by atoms with E-state index < -0.39 is 11.9 Å². The molecule has 0 aromatic heterocycles. The van der Waals surface area contributed by atoms with Gasteiger partial charge < -0.3 is 0 Å². The van der Waals surface area contributed by atoms with E-state index in [1.807, 2.05) is 26.0 Å². The second-order valence-corrected chi connectivity index (χ2v) is 6.68. The summed E-state index contributed by atoms with van der Waals surface area (Å²) in [6, 6.07) is 13.8. The summed E-state index contributed by atoms with van der Waals surface area (Å²) in [5, 5.41) is 0. The van der Waals surface area contributed by atoms with E-state index in [-0.39, 0.29) is 6.29 Å². The Balaban J connectivity index is 1.91. The highest BCUT2D eigenvalue weighted by molar-refractivity contribution is 5.89. The number of carbonyl (C=O) groups excluding carboxylic acids is 2. The van der Waals surface area contributed by atoms with Gasteiger partial charge in [0.25, 0.3) is 0 Å². The van der Waals surface area contributed by atoms with Crippen LogP contribution in [0.2, 0.25) is 0 Å². The predicted octanol–water partition coefficient (Wildman–Crippen LogP) is 5.45. The average molecular weight is 398 g/mol. The normalized spacial score (nSPS) is 10.8. The maximum absolute atomic E-state index is 12.1. The van der Waals surface area contributed by atoms with Gasteiger partial charge in [-0.05, 0) is 44.5 Å². The SMILES string of the molecule is [CH2]CCCCC[C](OOC(=O)c1cccc(C)c1)OOC(=O)c1cccc(C)c1. The molecule has 0 unspecified atom stereocenters. The molecule has 2 aromatic carbocycles. The van der Waals surface area contributed by atoms with Gasteiger partial charge in [-0.15, -0.1) is 9.78 Å². The third-order valence-corrected chi connectivity index (χ3v) is 4.06. The zero-order valence-corrected chi connectivity index (χ0v) is 16.8. The summed E-state index contributed by atoms with van der Waals surface area (Å²) >= 11 is 0. The number of carbonyl (C=O) groups is 2. The van der Waals surface area contributed by atoms with Crippen LogP contribution >= 0.6 is 0 Å². The number of rotatable bonds is 11. The summed E-state index contributed by atoms with van der Waals surface area (Å²) in [5.41, 5.74) is 2.52. The van der Waals surface area contributed by atoms with E-state index in [9.17, 15) is 9.59 Å². The molecule has 29 heavy (non-hydrogen) atoms. The van der Waals surface area contributed by atoms with Gasteiger partial charge in [-0.2, -0.15) is 0 Å². The van der Waals surface area contributed by atoms with Crippen LogP contribution < -0.4 is 0 Å². The van der Waals surface area contributed by atoms with Crippen molar-refractivity contribution in [2.75, 3.05) is 0 Å². The van der Waals surface area contributed by atoms with Crippen molar-refractivity contribution in [3.63, 3.8) is 0 Å². The van der Waals surface area contributed by atoms with Crippen LogP contribution in [0.25, 0.3) is 0 Å². The van der Waals surface area contributed by atoms with Gasteiger partial charge in [-0.1, -0.05) is 61.6 Å². The molecule has 0 saturated heterocycles.